The highest BCUT2D eigenvalue weighted by atomic mass is 35.5. The average molecular weight is 336 g/mol. The molecule has 1 aliphatic heterocycles. The number of amides is 1. The number of nitrogens with two attached hydrogens (primary N) is 1. The standard InChI is InChI=1S/C11H14ClN3O3S2/c12-8-2-1-7(20(13,17)18)5-9(8)15-11(16)10-6-19-4-3-14-10/h1-2,5,10,14H,3-4,6H2,(H,15,16)(H2,13,17,18). The van der Waals surface area contributed by atoms with E-state index in [4.69, 9.17) is 16.7 Å². The number of hydrogen-bond acceptors (Lipinski definition) is 5. The van der Waals surface area contributed by atoms with Gasteiger partial charge in [0.1, 0.15) is 0 Å². The van der Waals surface area contributed by atoms with Crippen molar-refractivity contribution >= 4 is 45.0 Å². The van der Waals surface area contributed by atoms with Crippen molar-refractivity contribution in [3.8, 4) is 0 Å². The summed E-state index contributed by atoms with van der Waals surface area (Å²) in [6, 6.07) is 3.62. The molecular formula is C11H14ClN3O3S2. The van der Waals surface area contributed by atoms with E-state index in [1.807, 2.05) is 0 Å². The normalized spacial score (nSPS) is 19.6. The third-order valence-corrected chi connectivity index (χ3v) is 5.06. The number of anilines is 1. The quantitative estimate of drug-likeness (QED) is 0.752. The Labute approximate surface area is 126 Å². The molecule has 1 saturated heterocycles. The van der Waals surface area contributed by atoms with Crippen LogP contribution < -0.4 is 15.8 Å². The second-order valence-electron chi connectivity index (χ2n) is 4.26. The smallest absolute Gasteiger partial charge is 0.242 e. The van der Waals surface area contributed by atoms with Gasteiger partial charge in [-0.05, 0) is 18.2 Å². The van der Waals surface area contributed by atoms with E-state index >= 15 is 0 Å². The molecule has 1 aromatic carbocycles. The van der Waals surface area contributed by atoms with Crippen LogP contribution in [0.2, 0.25) is 5.02 Å². The Morgan fingerprint density at radius 3 is 2.85 bits per heavy atom. The molecule has 1 atom stereocenters. The first-order chi connectivity index (χ1) is 9.38. The summed E-state index contributed by atoms with van der Waals surface area (Å²) in [5.74, 6) is 1.38. The Hall–Kier alpha value is -0.800. The van der Waals surface area contributed by atoms with Crippen molar-refractivity contribution in [2.75, 3.05) is 23.4 Å². The van der Waals surface area contributed by atoms with Gasteiger partial charge in [-0.1, -0.05) is 11.6 Å². The van der Waals surface area contributed by atoms with E-state index in [0.29, 0.717) is 5.75 Å². The van der Waals surface area contributed by atoms with E-state index in [2.05, 4.69) is 10.6 Å². The number of primary sulfonamides is 1. The Balaban J connectivity index is 2.18. The highest BCUT2D eigenvalue weighted by Crippen LogP contribution is 2.25. The molecule has 0 radical (unpaired) electrons. The van der Waals surface area contributed by atoms with Crippen LogP contribution in [0.3, 0.4) is 0 Å². The molecule has 0 saturated carbocycles. The van der Waals surface area contributed by atoms with Crippen LogP contribution in [0.15, 0.2) is 23.1 Å². The third-order valence-electron chi connectivity index (χ3n) is 2.76. The van der Waals surface area contributed by atoms with Crippen LogP contribution in [0.1, 0.15) is 0 Å². The van der Waals surface area contributed by atoms with Crippen molar-refractivity contribution in [1.82, 2.24) is 5.32 Å². The highest BCUT2D eigenvalue weighted by Gasteiger charge is 2.22. The Morgan fingerprint density at radius 2 is 2.25 bits per heavy atom. The molecule has 1 unspecified atom stereocenters. The first-order valence-corrected chi connectivity index (χ1v) is 8.90. The van der Waals surface area contributed by atoms with E-state index in [9.17, 15) is 13.2 Å². The van der Waals surface area contributed by atoms with Crippen molar-refractivity contribution in [2.24, 2.45) is 5.14 Å². The number of halogens is 1. The zero-order valence-electron chi connectivity index (χ0n) is 10.4. The van der Waals surface area contributed by atoms with Gasteiger partial charge in [0.2, 0.25) is 15.9 Å². The molecule has 1 amide bonds. The van der Waals surface area contributed by atoms with Gasteiger partial charge in [-0.25, -0.2) is 13.6 Å². The second-order valence-corrected chi connectivity index (χ2v) is 7.38. The van der Waals surface area contributed by atoms with Gasteiger partial charge >= 0.3 is 0 Å². The molecule has 1 aliphatic rings. The summed E-state index contributed by atoms with van der Waals surface area (Å²) in [6.45, 7) is 0.758. The van der Waals surface area contributed by atoms with Crippen LogP contribution in [-0.2, 0) is 14.8 Å². The predicted octanol–water partition coefficient (Wildman–Crippen LogP) is 0.631. The Bertz CT molecular complexity index is 615. The molecule has 0 bridgehead atoms. The van der Waals surface area contributed by atoms with Crippen LogP contribution in [0.25, 0.3) is 0 Å². The third kappa shape index (κ3) is 3.86. The summed E-state index contributed by atoms with van der Waals surface area (Å²) in [5.41, 5.74) is 0.237. The fraction of sp³-hybridized carbons (Fsp3) is 0.364. The van der Waals surface area contributed by atoms with Gasteiger partial charge < -0.3 is 10.6 Å². The minimum absolute atomic E-state index is 0.0943. The van der Waals surface area contributed by atoms with E-state index in [0.717, 1.165) is 12.3 Å². The molecule has 1 heterocycles. The minimum Gasteiger partial charge on any atom is -0.323 e. The van der Waals surface area contributed by atoms with E-state index in [1.54, 1.807) is 11.8 Å². The summed E-state index contributed by atoms with van der Waals surface area (Å²) in [6.07, 6.45) is 0. The lowest BCUT2D eigenvalue weighted by Crippen LogP contribution is -2.46. The van der Waals surface area contributed by atoms with Crippen molar-refractivity contribution in [2.45, 2.75) is 10.9 Å². The van der Waals surface area contributed by atoms with Crippen LogP contribution >= 0.6 is 23.4 Å². The highest BCUT2D eigenvalue weighted by molar-refractivity contribution is 7.99. The summed E-state index contributed by atoms with van der Waals surface area (Å²) < 4.78 is 22.6. The summed E-state index contributed by atoms with van der Waals surface area (Å²) in [7, 11) is -3.83. The maximum atomic E-state index is 12.1. The Kier molecular flexibility index (Phi) is 4.92. The number of sulfonamides is 1. The molecule has 4 N–H and O–H groups in total. The fourth-order valence-corrected chi connectivity index (χ4v) is 3.37. The minimum atomic E-state index is -3.83. The van der Waals surface area contributed by atoms with E-state index in [-0.39, 0.29) is 27.6 Å². The van der Waals surface area contributed by atoms with Gasteiger partial charge in [0, 0.05) is 18.1 Å². The monoisotopic (exact) mass is 335 g/mol. The van der Waals surface area contributed by atoms with Crippen LogP contribution in [0.5, 0.6) is 0 Å². The second kappa shape index (κ2) is 6.31. The largest absolute Gasteiger partial charge is 0.323 e. The lowest BCUT2D eigenvalue weighted by atomic mass is 10.2. The van der Waals surface area contributed by atoms with Gasteiger partial charge in [0.25, 0.3) is 0 Å². The number of thioether (sulfide) groups is 1. The maximum absolute atomic E-state index is 12.1. The van der Waals surface area contributed by atoms with Gasteiger partial charge in [-0.15, -0.1) is 0 Å². The van der Waals surface area contributed by atoms with Crippen LogP contribution in [-0.4, -0.2) is 38.4 Å². The number of nitrogens with one attached hydrogen (secondary N) is 2. The van der Waals surface area contributed by atoms with Crippen molar-refractivity contribution < 1.29 is 13.2 Å². The van der Waals surface area contributed by atoms with Crippen molar-refractivity contribution in [1.29, 1.82) is 0 Å². The molecule has 0 aliphatic carbocycles. The van der Waals surface area contributed by atoms with Gasteiger partial charge in [-0.2, -0.15) is 11.8 Å². The topological polar surface area (TPSA) is 101 Å². The molecular weight excluding hydrogens is 322 g/mol. The number of carbonyl (C=O) groups excluding carboxylic acids is 1. The van der Waals surface area contributed by atoms with E-state index in [1.165, 1.54) is 18.2 Å². The van der Waals surface area contributed by atoms with Gasteiger partial charge in [0.05, 0.1) is 21.6 Å². The van der Waals surface area contributed by atoms with Crippen molar-refractivity contribution in [3.63, 3.8) is 0 Å². The number of hydrogen-bond donors (Lipinski definition) is 3. The molecule has 20 heavy (non-hydrogen) atoms. The number of rotatable bonds is 3. The summed E-state index contributed by atoms with van der Waals surface area (Å²) in [5, 5.41) is 11.0. The fourth-order valence-electron chi connectivity index (χ4n) is 1.73. The predicted molar refractivity (Wildman–Crippen MR) is 80.6 cm³/mol. The average Bonchev–Trinajstić information content (AvgIpc) is 2.41. The molecule has 0 spiro atoms. The van der Waals surface area contributed by atoms with Crippen LogP contribution in [0.4, 0.5) is 5.69 Å². The SMILES string of the molecule is NS(=O)(=O)c1ccc(Cl)c(NC(=O)C2CSCCN2)c1. The lowest BCUT2D eigenvalue weighted by molar-refractivity contribution is -0.117. The zero-order valence-corrected chi connectivity index (χ0v) is 12.8. The summed E-state index contributed by atoms with van der Waals surface area (Å²) in [4.78, 5) is 12.0. The van der Waals surface area contributed by atoms with E-state index < -0.39 is 10.0 Å². The lowest BCUT2D eigenvalue weighted by Gasteiger charge is -2.22. The zero-order chi connectivity index (χ0) is 14.8. The number of carbonyl (C=O) groups is 1. The first kappa shape index (κ1) is 15.6. The number of benzene rings is 1. The van der Waals surface area contributed by atoms with Crippen LogP contribution in [0, 0.1) is 0 Å². The molecule has 1 aromatic rings. The molecule has 0 aromatic heterocycles. The summed E-state index contributed by atoms with van der Waals surface area (Å²) >= 11 is 7.63. The molecule has 6 nitrogen and oxygen atoms in total. The molecule has 1 fully saturated rings. The maximum Gasteiger partial charge on any atom is 0.242 e. The first-order valence-electron chi connectivity index (χ1n) is 5.82. The molecule has 110 valence electrons. The van der Waals surface area contributed by atoms with Gasteiger partial charge in [0.15, 0.2) is 0 Å². The molecule has 9 heteroatoms. The Morgan fingerprint density at radius 1 is 1.50 bits per heavy atom. The van der Waals surface area contributed by atoms with Crippen molar-refractivity contribution in [3.05, 3.63) is 23.2 Å². The molecule has 2 rings (SSSR count). The van der Waals surface area contributed by atoms with Gasteiger partial charge in [-0.3, -0.25) is 4.79 Å².